The van der Waals surface area contributed by atoms with Crippen molar-refractivity contribution < 1.29 is 4.79 Å². The highest BCUT2D eigenvalue weighted by Gasteiger charge is 2.38. The number of nitrogens with zero attached hydrogens (tertiary/aromatic N) is 1. The van der Waals surface area contributed by atoms with Crippen molar-refractivity contribution in [1.29, 1.82) is 0 Å². The molecule has 98 valence electrons. The molecule has 1 atom stereocenters. The Morgan fingerprint density at radius 1 is 1.61 bits per heavy atom. The average molecular weight is 247 g/mol. The molecule has 1 aromatic rings. The number of nitrogens with one attached hydrogen (secondary N) is 2. The van der Waals surface area contributed by atoms with Crippen molar-refractivity contribution in [2.24, 2.45) is 5.41 Å². The summed E-state index contributed by atoms with van der Waals surface area (Å²) in [6.45, 7) is 7.67. The first kappa shape index (κ1) is 13.0. The van der Waals surface area contributed by atoms with Crippen LogP contribution < -0.4 is 10.6 Å². The number of carbonyl (C=O) groups excluding carboxylic acids is 1. The number of aromatic nitrogens is 1. The van der Waals surface area contributed by atoms with Gasteiger partial charge in [0.05, 0.1) is 18.3 Å². The molecule has 18 heavy (non-hydrogen) atoms. The van der Waals surface area contributed by atoms with Crippen LogP contribution in [0.5, 0.6) is 0 Å². The lowest BCUT2D eigenvalue weighted by molar-refractivity contribution is -0.125. The lowest BCUT2D eigenvalue weighted by atomic mass is 9.84. The molecule has 1 amide bonds. The minimum Gasteiger partial charge on any atom is -0.349 e. The third-order valence-corrected chi connectivity index (χ3v) is 3.71. The Labute approximate surface area is 108 Å². The third kappa shape index (κ3) is 2.70. The molecule has 4 nitrogen and oxygen atoms in total. The minimum absolute atomic E-state index is 0.0310. The highest BCUT2D eigenvalue weighted by molar-refractivity contribution is 5.83. The molecule has 2 rings (SSSR count). The van der Waals surface area contributed by atoms with E-state index in [4.69, 9.17) is 0 Å². The number of hydrogen-bond donors (Lipinski definition) is 2. The van der Waals surface area contributed by atoms with Crippen LogP contribution in [0.25, 0.3) is 0 Å². The van der Waals surface area contributed by atoms with Crippen LogP contribution >= 0.6 is 0 Å². The molecule has 1 aromatic heterocycles. The summed E-state index contributed by atoms with van der Waals surface area (Å²) in [5.74, 6) is 0.0718. The van der Waals surface area contributed by atoms with Crippen molar-refractivity contribution in [3.63, 3.8) is 0 Å². The Bertz CT molecular complexity index is 442. The van der Waals surface area contributed by atoms with Gasteiger partial charge in [-0.15, -0.1) is 0 Å². The van der Waals surface area contributed by atoms with E-state index in [9.17, 15) is 4.79 Å². The third-order valence-electron chi connectivity index (χ3n) is 3.71. The number of rotatable bonds is 3. The van der Waals surface area contributed by atoms with Gasteiger partial charge in [-0.1, -0.05) is 19.9 Å². The van der Waals surface area contributed by atoms with E-state index in [1.54, 1.807) is 6.20 Å². The Kier molecular flexibility index (Phi) is 3.66. The van der Waals surface area contributed by atoms with Gasteiger partial charge in [0.25, 0.3) is 0 Å². The normalized spacial score (nSPS) is 21.8. The standard InChI is InChI=1S/C14H21N3O/c1-10-5-4-7-15-11(10)9-17-13(18)12-14(2,3)6-8-16-12/h4-5,7,12,16H,6,8-9H2,1-3H3,(H,17,18)/t12-/m1/s1. The molecule has 4 heteroatoms. The van der Waals surface area contributed by atoms with E-state index in [1.807, 2.05) is 19.1 Å². The summed E-state index contributed by atoms with van der Waals surface area (Å²) in [4.78, 5) is 16.4. The van der Waals surface area contributed by atoms with Crippen LogP contribution in [0, 0.1) is 12.3 Å². The first-order valence-corrected chi connectivity index (χ1v) is 6.42. The van der Waals surface area contributed by atoms with Crippen molar-refractivity contribution in [2.45, 2.75) is 39.8 Å². The summed E-state index contributed by atoms with van der Waals surface area (Å²) < 4.78 is 0. The van der Waals surface area contributed by atoms with Crippen molar-refractivity contribution in [2.75, 3.05) is 6.54 Å². The van der Waals surface area contributed by atoms with Gasteiger partial charge in [0.2, 0.25) is 5.91 Å². The fourth-order valence-electron chi connectivity index (χ4n) is 2.38. The number of aryl methyl sites for hydroxylation is 1. The first-order chi connectivity index (χ1) is 8.50. The van der Waals surface area contributed by atoms with E-state index in [-0.39, 0.29) is 17.4 Å². The van der Waals surface area contributed by atoms with E-state index in [0.717, 1.165) is 24.2 Å². The number of carbonyl (C=O) groups is 1. The predicted molar refractivity (Wildman–Crippen MR) is 71.0 cm³/mol. The molecule has 0 saturated carbocycles. The zero-order valence-corrected chi connectivity index (χ0v) is 11.3. The second-order valence-corrected chi connectivity index (χ2v) is 5.61. The topological polar surface area (TPSA) is 54.0 Å². The zero-order chi connectivity index (χ0) is 13.2. The zero-order valence-electron chi connectivity index (χ0n) is 11.3. The van der Waals surface area contributed by atoms with Gasteiger partial charge in [0.15, 0.2) is 0 Å². The maximum absolute atomic E-state index is 12.1. The smallest absolute Gasteiger partial charge is 0.238 e. The summed E-state index contributed by atoms with van der Waals surface area (Å²) in [7, 11) is 0. The van der Waals surface area contributed by atoms with Crippen molar-refractivity contribution in [3.05, 3.63) is 29.6 Å². The Hall–Kier alpha value is -1.42. The van der Waals surface area contributed by atoms with Gasteiger partial charge in [-0.25, -0.2) is 0 Å². The van der Waals surface area contributed by atoms with Crippen LogP contribution in [0.1, 0.15) is 31.5 Å². The Balaban J connectivity index is 1.95. The van der Waals surface area contributed by atoms with Gasteiger partial charge < -0.3 is 10.6 Å². The molecule has 0 bridgehead atoms. The molecule has 1 aliphatic rings. The monoisotopic (exact) mass is 247 g/mol. The summed E-state index contributed by atoms with van der Waals surface area (Å²) in [6.07, 6.45) is 2.79. The molecule has 0 aliphatic carbocycles. The van der Waals surface area contributed by atoms with Crippen LogP contribution in [-0.4, -0.2) is 23.5 Å². The molecule has 2 N–H and O–H groups in total. The maximum atomic E-state index is 12.1. The summed E-state index contributed by atoms with van der Waals surface area (Å²) in [6, 6.07) is 3.82. The van der Waals surface area contributed by atoms with Crippen LogP contribution in [-0.2, 0) is 11.3 Å². The van der Waals surface area contributed by atoms with Gasteiger partial charge in [0.1, 0.15) is 0 Å². The van der Waals surface area contributed by atoms with E-state index in [1.165, 1.54) is 0 Å². The highest BCUT2D eigenvalue weighted by atomic mass is 16.2. The van der Waals surface area contributed by atoms with Crippen LogP contribution in [0.15, 0.2) is 18.3 Å². The molecule has 2 heterocycles. The molecular formula is C14H21N3O. The summed E-state index contributed by atoms with van der Waals surface area (Å²) >= 11 is 0. The maximum Gasteiger partial charge on any atom is 0.238 e. The van der Waals surface area contributed by atoms with Crippen molar-refractivity contribution in [1.82, 2.24) is 15.6 Å². The molecule has 1 fully saturated rings. The quantitative estimate of drug-likeness (QED) is 0.849. The molecule has 0 spiro atoms. The van der Waals surface area contributed by atoms with E-state index < -0.39 is 0 Å². The van der Waals surface area contributed by atoms with Gasteiger partial charge in [-0.05, 0) is 36.9 Å². The Morgan fingerprint density at radius 2 is 2.39 bits per heavy atom. The first-order valence-electron chi connectivity index (χ1n) is 6.42. The van der Waals surface area contributed by atoms with E-state index >= 15 is 0 Å². The summed E-state index contributed by atoms with van der Waals surface area (Å²) in [5, 5.41) is 6.24. The number of hydrogen-bond acceptors (Lipinski definition) is 3. The van der Waals surface area contributed by atoms with E-state index in [0.29, 0.717) is 6.54 Å². The molecule has 1 saturated heterocycles. The molecule has 0 unspecified atom stereocenters. The second kappa shape index (κ2) is 5.06. The van der Waals surface area contributed by atoms with Crippen LogP contribution in [0.2, 0.25) is 0 Å². The van der Waals surface area contributed by atoms with Crippen molar-refractivity contribution >= 4 is 5.91 Å². The molecule has 1 aliphatic heterocycles. The van der Waals surface area contributed by atoms with Crippen molar-refractivity contribution in [3.8, 4) is 0 Å². The highest BCUT2D eigenvalue weighted by Crippen LogP contribution is 2.29. The summed E-state index contributed by atoms with van der Waals surface area (Å²) in [5.41, 5.74) is 2.07. The lowest BCUT2D eigenvalue weighted by Crippen LogP contribution is -2.46. The Morgan fingerprint density at radius 3 is 3.00 bits per heavy atom. The minimum atomic E-state index is -0.0958. The number of amides is 1. The van der Waals surface area contributed by atoms with E-state index in [2.05, 4.69) is 29.5 Å². The van der Waals surface area contributed by atoms with Crippen LogP contribution in [0.4, 0.5) is 0 Å². The lowest BCUT2D eigenvalue weighted by Gasteiger charge is -2.25. The second-order valence-electron chi connectivity index (χ2n) is 5.61. The van der Waals surface area contributed by atoms with Gasteiger partial charge in [-0.2, -0.15) is 0 Å². The SMILES string of the molecule is Cc1cccnc1CNC(=O)[C@H]1NCCC1(C)C. The average Bonchev–Trinajstić information content (AvgIpc) is 2.67. The molecule has 0 aromatic carbocycles. The fourth-order valence-corrected chi connectivity index (χ4v) is 2.38. The van der Waals surface area contributed by atoms with Gasteiger partial charge >= 0.3 is 0 Å². The number of pyridine rings is 1. The van der Waals surface area contributed by atoms with Gasteiger partial charge in [0, 0.05) is 6.20 Å². The van der Waals surface area contributed by atoms with Gasteiger partial charge in [-0.3, -0.25) is 9.78 Å². The van der Waals surface area contributed by atoms with Crippen LogP contribution in [0.3, 0.4) is 0 Å². The fraction of sp³-hybridized carbons (Fsp3) is 0.571. The largest absolute Gasteiger partial charge is 0.349 e. The molecule has 0 radical (unpaired) electrons. The molecular weight excluding hydrogens is 226 g/mol. The predicted octanol–water partition coefficient (Wildman–Crippen LogP) is 1.39.